The molecule has 0 saturated carbocycles. The van der Waals surface area contributed by atoms with Gasteiger partial charge in [0.2, 0.25) is 0 Å². The summed E-state index contributed by atoms with van der Waals surface area (Å²) < 4.78 is 10.4. The zero-order valence-electron chi connectivity index (χ0n) is 10.1. The van der Waals surface area contributed by atoms with Gasteiger partial charge in [-0.3, -0.25) is 4.21 Å². The van der Waals surface area contributed by atoms with Gasteiger partial charge < -0.3 is 10.6 Å². The maximum Gasteiger partial charge on any atom is 0.0235 e. The van der Waals surface area contributed by atoms with Crippen molar-refractivity contribution < 1.29 is 4.21 Å². The van der Waals surface area contributed by atoms with Crippen molar-refractivity contribution in [3.8, 4) is 0 Å². The van der Waals surface area contributed by atoms with E-state index in [4.69, 9.17) is 5.73 Å². The lowest BCUT2D eigenvalue weighted by molar-refractivity contribution is 0.420. The molecule has 1 aliphatic rings. The Morgan fingerprint density at radius 1 is 1.21 bits per heavy atom. The van der Waals surface area contributed by atoms with Crippen molar-refractivity contribution in [2.24, 2.45) is 5.73 Å². The molecule has 1 fully saturated rings. The molecule has 0 unspecified atom stereocenters. The average Bonchev–Trinajstić information content (AvgIpc) is 2.60. The van der Waals surface area contributed by atoms with Gasteiger partial charge in [0.25, 0.3) is 0 Å². The Labute approximate surface area is 91.5 Å². The lowest BCUT2D eigenvalue weighted by atomic mass is 10.4. The first-order valence-corrected chi connectivity index (χ1v) is 6.85. The van der Waals surface area contributed by atoms with E-state index in [1.165, 1.54) is 12.8 Å². The summed E-state index contributed by atoms with van der Waals surface area (Å²) in [4.78, 5) is 2.06. The maximum absolute atomic E-state index is 10.4. The first-order valence-electron chi connectivity index (χ1n) is 5.36. The Hall–Kier alpha value is 0.0700. The van der Waals surface area contributed by atoms with Crippen molar-refractivity contribution in [3.05, 3.63) is 0 Å². The highest BCUT2D eigenvalue weighted by atomic mass is 32.2. The fraction of sp³-hybridized carbons (Fsp3) is 1.00. The van der Waals surface area contributed by atoms with Gasteiger partial charge in [-0.05, 0) is 26.9 Å². The van der Waals surface area contributed by atoms with Crippen LogP contribution in [-0.2, 0) is 10.8 Å². The number of rotatable bonds is 2. The molecule has 1 rings (SSSR count). The molecule has 14 heavy (non-hydrogen) atoms. The van der Waals surface area contributed by atoms with Crippen LogP contribution in [0.2, 0.25) is 0 Å². The second-order valence-corrected chi connectivity index (χ2v) is 4.84. The minimum absolute atomic E-state index is 0.423. The third-order valence-electron chi connectivity index (χ3n) is 1.57. The third-order valence-corrected chi connectivity index (χ3v) is 3.06. The second-order valence-electron chi connectivity index (χ2n) is 3.15. The molecule has 0 aromatic carbocycles. The molecule has 88 valence electrons. The second kappa shape index (κ2) is 13.1. The van der Waals surface area contributed by atoms with E-state index in [0.29, 0.717) is 0 Å². The lowest BCUT2D eigenvalue weighted by Crippen LogP contribution is -2.20. The van der Waals surface area contributed by atoms with Gasteiger partial charge >= 0.3 is 0 Å². The molecule has 0 aromatic heterocycles. The Balaban J connectivity index is 0. The normalized spacial score (nSPS) is 15.6. The van der Waals surface area contributed by atoms with Gasteiger partial charge in [0.1, 0.15) is 0 Å². The van der Waals surface area contributed by atoms with Crippen LogP contribution in [0.25, 0.3) is 0 Å². The van der Waals surface area contributed by atoms with Crippen molar-refractivity contribution in [1.29, 1.82) is 0 Å². The average molecular weight is 222 g/mol. The molecule has 2 N–H and O–H groups in total. The third kappa shape index (κ3) is 14.6. The van der Waals surface area contributed by atoms with Crippen molar-refractivity contribution in [2.75, 3.05) is 38.7 Å². The van der Waals surface area contributed by atoms with Crippen LogP contribution in [0.4, 0.5) is 0 Å². The minimum atomic E-state index is -0.423. The highest BCUT2D eigenvalue weighted by Gasteiger charge is 2.05. The zero-order chi connectivity index (χ0) is 11.4. The largest absolute Gasteiger partial charge is 0.329 e. The standard InChI is InChI=1S/C4H12N2.C4H8OS.C2H6/c1-6(2)4-3-5;5-6-3-1-2-4-6;1-2/h3-5H2,1-2H3;1-4H2;1-2H3. The molecule has 0 amide bonds. The first kappa shape index (κ1) is 16.5. The van der Waals surface area contributed by atoms with E-state index in [-0.39, 0.29) is 0 Å². The van der Waals surface area contributed by atoms with E-state index in [9.17, 15) is 4.21 Å². The van der Waals surface area contributed by atoms with E-state index in [1.54, 1.807) is 0 Å². The van der Waals surface area contributed by atoms with Gasteiger partial charge in [0.05, 0.1) is 0 Å². The minimum Gasteiger partial charge on any atom is -0.329 e. The predicted molar refractivity (Wildman–Crippen MR) is 66.1 cm³/mol. The van der Waals surface area contributed by atoms with Crippen LogP contribution < -0.4 is 5.73 Å². The summed E-state index contributed by atoms with van der Waals surface area (Å²) >= 11 is 0. The molecule has 0 bridgehead atoms. The molecule has 1 aliphatic heterocycles. The number of nitrogens with two attached hydrogens (primary N) is 1. The fourth-order valence-corrected chi connectivity index (χ4v) is 2.14. The van der Waals surface area contributed by atoms with Crippen LogP contribution >= 0.6 is 0 Å². The highest BCUT2D eigenvalue weighted by Crippen LogP contribution is 2.03. The van der Waals surface area contributed by atoms with Crippen LogP contribution in [-0.4, -0.2) is 47.8 Å². The first-order chi connectivity index (χ1) is 6.66. The Kier molecular flexibility index (Phi) is 15.4. The summed E-state index contributed by atoms with van der Waals surface area (Å²) in [5.74, 6) is 1.92. The molecule has 0 aromatic rings. The maximum atomic E-state index is 10.4. The summed E-state index contributed by atoms with van der Waals surface area (Å²) in [6, 6.07) is 0. The van der Waals surface area contributed by atoms with Crippen LogP contribution in [0, 0.1) is 0 Å². The molecule has 1 heterocycles. The number of likely N-dealkylation sites (N-methyl/N-ethyl adjacent to an activating group) is 1. The Morgan fingerprint density at radius 2 is 1.64 bits per heavy atom. The molecular formula is C10H26N2OS. The summed E-state index contributed by atoms with van der Waals surface area (Å²) in [6.07, 6.45) is 2.37. The molecule has 1 saturated heterocycles. The topological polar surface area (TPSA) is 46.3 Å². The monoisotopic (exact) mass is 222 g/mol. The summed E-state index contributed by atoms with van der Waals surface area (Å²) in [7, 11) is 3.59. The molecule has 3 nitrogen and oxygen atoms in total. The van der Waals surface area contributed by atoms with Crippen molar-refractivity contribution in [3.63, 3.8) is 0 Å². The van der Waals surface area contributed by atoms with Gasteiger partial charge in [0.15, 0.2) is 0 Å². The molecule has 0 atom stereocenters. The number of hydrogen-bond acceptors (Lipinski definition) is 3. The predicted octanol–water partition coefficient (Wildman–Crippen LogP) is 1.06. The summed E-state index contributed by atoms with van der Waals surface area (Å²) in [6.45, 7) is 5.74. The smallest absolute Gasteiger partial charge is 0.0235 e. The zero-order valence-corrected chi connectivity index (χ0v) is 10.9. The summed E-state index contributed by atoms with van der Waals surface area (Å²) in [5, 5.41) is 0. The van der Waals surface area contributed by atoms with Gasteiger partial charge in [-0.25, -0.2) is 0 Å². The van der Waals surface area contributed by atoms with E-state index >= 15 is 0 Å². The van der Waals surface area contributed by atoms with Crippen molar-refractivity contribution >= 4 is 10.8 Å². The van der Waals surface area contributed by atoms with E-state index < -0.39 is 10.8 Å². The SMILES string of the molecule is CC.CN(C)CCN.O=S1CCCC1. The van der Waals surface area contributed by atoms with Crippen LogP contribution in [0.1, 0.15) is 26.7 Å². The molecule has 4 heteroatoms. The summed E-state index contributed by atoms with van der Waals surface area (Å²) in [5.41, 5.74) is 5.19. The van der Waals surface area contributed by atoms with Crippen LogP contribution in [0.3, 0.4) is 0 Å². The van der Waals surface area contributed by atoms with Crippen molar-refractivity contribution in [1.82, 2.24) is 4.90 Å². The van der Waals surface area contributed by atoms with Crippen LogP contribution in [0.5, 0.6) is 0 Å². The quantitative estimate of drug-likeness (QED) is 0.760. The van der Waals surface area contributed by atoms with E-state index in [1.807, 2.05) is 27.9 Å². The highest BCUT2D eigenvalue weighted by molar-refractivity contribution is 7.85. The molecule has 0 aliphatic carbocycles. The number of nitrogens with zero attached hydrogens (tertiary/aromatic N) is 1. The molecule has 0 radical (unpaired) electrons. The lowest BCUT2D eigenvalue weighted by Gasteiger charge is -2.03. The van der Waals surface area contributed by atoms with Gasteiger partial charge in [-0.1, -0.05) is 13.8 Å². The van der Waals surface area contributed by atoms with Gasteiger partial charge in [-0.15, -0.1) is 0 Å². The Morgan fingerprint density at radius 3 is 1.71 bits per heavy atom. The van der Waals surface area contributed by atoms with E-state index in [0.717, 1.165) is 24.6 Å². The molecular weight excluding hydrogens is 196 g/mol. The van der Waals surface area contributed by atoms with Crippen molar-refractivity contribution in [2.45, 2.75) is 26.7 Å². The van der Waals surface area contributed by atoms with Gasteiger partial charge in [0, 0.05) is 35.4 Å². The van der Waals surface area contributed by atoms with Crippen LogP contribution in [0.15, 0.2) is 0 Å². The Bertz CT molecular complexity index is 121. The fourth-order valence-electron chi connectivity index (χ4n) is 0.886. The van der Waals surface area contributed by atoms with Gasteiger partial charge in [-0.2, -0.15) is 0 Å². The van der Waals surface area contributed by atoms with E-state index in [2.05, 4.69) is 4.90 Å². The number of hydrogen-bond donors (Lipinski definition) is 1. The molecule has 0 spiro atoms.